The molecular formula is C15H12N6OS. The van der Waals surface area contributed by atoms with E-state index in [0.29, 0.717) is 16.8 Å². The lowest BCUT2D eigenvalue weighted by Crippen LogP contribution is -2.12. The number of nitrogens with two attached hydrogens (primary N) is 1. The first-order valence-electron chi connectivity index (χ1n) is 6.84. The highest BCUT2D eigenvalue weighted by Crippen LogP contribution is 2.26. The van der Waals surface area contributed by atoms with E-state index >= 15 is 0 Å². The molecule has 3 heterocycles. The van der Waals surface area contributed by atoms with Gasteiger partial charge in [-0.1, -0.05) is 6.07 Å². The molecule has 3 aromatic heterocycles. The van der Waals surface area contributed by atoms with Gasteiger partial charge in [0, 0.05) is 12.4 Å². The van der Waals surface area contributed by atoms with E-state index < -0.39 is 0 Å². The van der Waals surface area contributed by atoms with Gasteiger partial charge in [-0.05, 0) is 12.1 Å². The third-order valence-corrected chi connectivity index (χ3v) is 4.49. The van der Waals surface area contributed by atoms with Crippen LogP contribution in [0.2, 0.25) is 0 Å². The molecule has 1 amide bonds. The number of aryl methyl sites for hydroxylation is 1. The number of carbonyl (C=O) groups is 1. The number of rotatable bonds is 2. The molecule has 0 bridgehead atoms. The number of benzene rings is 1. The van der Waals surface area contributed by atoms with Gasteiger partial charge in [0.1, 0.15) is 5.52 Å². The second kappa shape index (κ2) is 5.03. The molecule has 0 aliphatic heterocycles. The van der Waals surface area contributed by atoms with Crippen LogP contribution >= 0.6 is 11.3 Å². The standard InChI is InChI=1S/C15H12N6OS/c1-21-7-18-13-9(3-2-4-10(13)21)19-14(22)8-6-23-11-5-17-15(16)20-12(8)11/h2-7H,1H3,(H,19,22)(H2,16,17,20). The number of carbonyl (C=O) groups excluding carboxylic acids is 1. The second-order valence-corrected chi connectivity index (χ2v) is 5.98. The predicted octanol–water partition coefficient (Wildman–Crippen LogP) is 2.41. The number of hydrogen-bond donors (Lipinski definition) is 2. The Hall–Kier alpha value is -3.00. The quantitative estimate of drug-likeness (QED) is 0.590. The van der Waals surface area contributed by atoms with E-state index in [4.69, 9.17) is 5.73 Å². The fourth-order valence-electron chi connectivity index (χ4n) is 2.45. The topological polar surface area (TPSA) is 98.7 Å². The summed E-state index contributed by atoms with van der Waals surface area (Å²) in [6.45, 7) is 0. The van der Waals surface area contributed by atoms with Gasteiger partial charge in [0.15, 0.2) is 0 Å². The summed E-state index contributed by atoms with van der Waals surface area (Å²) in [5, 5.41) is 4.66. The Bertz CT molecular complexity index is 1050. The number of nitrogens with one attached hydrogen (secondary N) is 1. The van der Waals surface area contributed by atoms with Crippen LogP contribution in [0.1, 0.15) is 10.4 Å². The Kier molecular flexibility index (Phi) is 2.98. The Morgan fingerprint density at radius 1 is 1.30 bits per heavy atom. The zero-order valence-corrected chi connectivity index (χ0v) is 13.0. The predicted molar refractivity (Wildman–Crippen MR) is 90.5 cm³/mol. The highest BCUT2D eigenvalue weighted by molar-refractivity contribution is 7.17. The molecule has 8 heteroatoms. The third kappa shape index (κ3) is 2.20. The van der Waals surface area contributed by atoms with Gasteiger partial charge in [-0.15, -0.1) is 11.3 Å². The molecule has 0 fully saturated rings. The summed E-state index contributed by atoms with van der Waals surface area (Å²) in [4.78, 5) is 25.0. The number of nitrogens with zero attached hydrogens (tertiary/aromatic N) is 4. The SMILES string of the molecule is Cn1cnc2c(NC(=O)c3csc4cnc(N)nc34)cccc21. The molecule has 1 aromatic carbocycles. The van der Waals surface area contributed by atoms with Gasteiger partial charge in [0.25, 0.3) is 5.91 Å². The van der Waals surface area contributed by atoms with Gasteiger partial charge >= 0.3 is 0 Å². The maximum absolute atomic E-state index is 12.6. The van der Waals surface area contributed by atoms with E-state index in [-0.39, 0.29) is 11.9 Å². The number of fused-ring (bicyclic) bond motifs is 2. The Morgan fingerprint density at radius 2 is 2.17 bits per heavy atom. The lowest BCUT2D eigenvalue weighted by atomic mass is 10.2. The first-order valence-corrected chi connectivity index (χ1v) is 7.72. The van der Waals surface area contributed by atoms with E-state index in [1.54, 1.807) is 17.9 Å². The highest BCUT2D eigenvalue weighted by atomic mass is 32.1. The van der Waals surface area contributed by atoms with Crippen molar-refractivity contribution >= 4 is 50.1 Å². The number of nitrogen functional groups attached to an aromatic ring is 1. The Balaban J connectivity index is 1.75. The molecule has 0 unspecified atom stereocenters. The first-order chi connectivity index (χ1) is 11.1. The van der Waals surface area contributed by atoms with Crippen LogP contribution in [0.3, 0.4) is 0 Å². The molecule has 0 aliphatic rings. The molecule has 4 rings (SSSR count). The Morgan fingerprint density at radius 3 is 3.04 bits per heavy atom. The number of anilines is 2. The summed E-state index contributed by atoms with van der Waals surface area (Å²) in [5.74, 6) is -0.0933. The van der Waals surface area contributed by atoms with Crippen molar-refractivity contribution in [3.05, 3.63) is 41.7 Å². The maximum Gasteiger partial charge on any atom is 0.258 e. The number of para-hydroxylation sites is 1. The maximum atomic E-state index is 12.6. The fraction of sp³-hybridized carbons (Fsp3) is 0.0667. The van der Waals surface area contributed by atoms with Crippen molar-refractivity contribution < 1.29 is 4.79 Å². The van der Waals surface area contributed by atoms with Gasteiger partial charge in [-0.2, -0.15) is 0 Å². The minimum Gasteiger partial charge on any atom is -0.368 e. The first kappa shape index (κ1) is 13.6. The summed E-state index contributed by atoms with van der Waals surface area (Å²) in [6.07, 6.45) is 3.34. The summed E-state index contributed by atoms with van der Waals surface area (Å²) in [6, 6.07) is 5.66. The molecule has 3 N–H and O–H groups in total. The summed E-state index contributed by atoms with van der Waals surface area (Å²) < 4.78 is 2.72. The van der Waals surface area contributed by atoms with Crippen LogP contribution in [0, 0.1) is 0 Å². The smallest absolute Gasteiger partial charge is 0.258 e. The highest BCUT2D eigenvalue weighted by Gasteiger charge is 2.16. The van der Waals surface area contributed by atoms with Gasteiger partial charge in [0.2, 0.25) is 5.95 Å². The van der Waals surface area contributed by atoms with Crippen LogP contribution in [0.25, 0.3) is 21.3 Å². The van der Waals surface area contributed by atoms with Crippen molar-refractivity contribution in [2.45, 2.75) is 0 Å². The van der Waals surface area contributed by atoms with Crippen molar-refractivity contribution in [2.24, 2.45) is 7.05 Å². The molecule has 4 aromatic rings. The van der Waals surface area contributed by atoms with Crippen LogP contribution in [0.4, 0.5) is 11.6 Å². The molecule has 0 atom stereocenters. The van der Waals surface area contributed by atoms with Crippen molar-refractivity contribution in [2.75, 3.05) is 11.1 Å². The average Bonchev–Trinajstić information content (AvgIpc) is 3.12. The molecule has 0 radical (unpaired) electrons. The van der Waals surface area contributed by atoms with Crippen LogP contribution < -0.4 is 11.1 Å². The van der Waals surface area contributed by atoms with Gasteiger partial charge in [-0.3, -0.25) is 4.79 Å². The van der Waals surface area contributed by atoms with Crippen molar-refractivity contribution in [3.63, 3.8) is 0 Å². The lowest BCUT2D eigenvalue weighted by molar-refractivity contribution is 0.102. The lowest BCUT2D eigenvalue weighted by Gasteiger charge is -2.05. The molecule has 0 aliphatic carbocycles. The Labute approximate surface area is 134 Å². The fourth-order valence-corrected chi connectivity index (χ4v) is 3.30. The molecule has 0 spiro atoms. The minimum absolute atomic E-state index is 0.150. The van der Waals surface area contributed by atoms with Crippen molar-refractivity contribution in [3.8, 4) is 0 Å². The van der Waals surface area contributed by atoms with E-state index in [1.807, 2.05) is 29.8 Å². The molecule has 0 saturated heterocycles. The van der Waals surface area contributed by atoms with Crippen molar-refractivity contribution in [1.82, 2.24) is 19.5 Å². The van der Waals surface area contributed by atoms with Gasteiger partial charge in [0.05, 0.1) is 39.5 Å². The summed E-state index contributed by atoms with van der Waals surface area (Å²) in [5.41, 5.74) is 9.02. The summed E-state index contributed by atoms with van der Waals surface area (Å²) >= 11 is 1.41. The number of amides is 1. The van der Waals surface area contributed by atoms with Crippen LogP contribution in [0.5, 0.6) is 0 Å². The van der Waals surface area contributed by atoms with E-state index in [1.165, 1.54) is 11.3 Å². The number of imidazole rings is 1. The van der Waals surface area contributed by atoms with Crippen LogP contribution in [-0.2, 0) is 7.05 Å². The van der Waals surface area contributed by atoms with E-state index in [2.05, 4.69) is 20.3 Å². The zero-order valence-electron chi connectivity index (χ0n) is 12.1. The number of thiophene rings is 1. The zero-order chi connectivity index (χ0) is 16.0. The van der Waals surface area contributed by atoms with E-state index in [9.17, 15) is 4.79 Å². The largest absolute Gasteiger partial charge is 0.368 e. The second-order valence-electron chi connectivity index (χ2n) is 5.07. The number of hydrogen-bond acceptors (Lipinski definition) is 6. The summed E-state index contributed by atoms with van der Waals surface area (Å²) in [7, 11) is 1.91. The molecule has 23 heavy (non-hydrogen) atoms. The van der Waals surface area contributed by atoms with Gasteiger partial charge in [-0.25, -0.2) is 15.0 Å². The average molecular weight is 324 g/mol. The molecular weight excluding hydrogens is 312 g/mol. The molecule has 114 valence electrons. The minimum atomic E-state index is -0.243. The number of aromatic nitrogens is 4. The van der Waals surface area contributed by atoms with Gasteiger partial charge < -0.3 is 15.6 Å². The molecule has 7 nitrogen and oxygen atoms in total. The molecule has 0 saturated carbocycles. The van der Waals surface area contributed by atoms with E-state index in [0.717, 1.165) is 15.7 Å². The monoisotopic (exact) mass is 324 g/mol. The van der Waals surface area contributed by atoms with Crippen molar-refractivity contribution in [1.29, 1.82) is 0 Å². The van der Waals surface area contributed by atoms with Crippen LogP contribution in [0.15, 0.2) is 36.1 Å². The van der Waals surface area contributed by atoms with Crippen LogP contribution in [-0.4, -0.2) is 25.4 Å². The third-order valence-electron chi connectivity index (χ3n) is 3.58. The normalized spacial score (nSPS) is 11.2.